The van der Waals surface area contributed by atoms with Crippen molar-refractivity contribution < 1.29 is 0 Å². The Kier molecular flexibility index (Phi) is 4.90. The third kappa shape index (κ3) is 3.88. The molecule has 2 aromatic carbocycles. The second kappa shape index (κ2) is 7.03. The van der Waals surface area contributed by atoms with Crippen molar-refractivity contribution in [1.29, 1.82) is 0 Å². The predicted molar refractivity (Wildman–Crippen MR) is 125 cm³/mol. The normalized spacial score (nSPS) is 12.7. The van der Waals surface area contributed by atoms with Gasteiger partial charge in [0.05, 0.1) is 0 Å². The van der Waals surface area contributed by atoms with Crippen molar-refractivity contribution in [2.75, 3.05) is 0 Å². The van der Waals surface area contributed by atoms with Crippen LogP contribution < -0.4 is 0 Å². The van der Waals surface area contributed by atoms with Gasteiger partial charge in [-0.25, -0.2) is 0 Å². The summed E-state index contributed by atoms with van der Waals surface area (Å²) in [6.45, 7) is 13.5. The SMILES string of the molecule is CC(C)(C)c1cc(-c2nn3c(-c4ccccc4Br)nnc3s2)cc(C(C)(C)C)c1. The van der Waals surface area contributed by atoms with Crippen molar-refractivity contribution in [2.45, 2.75) is 52.4 Å². The average Bonchev–Trinajstić information content (AvgIpc) is 3.21. The van der Waals surface area contributed by atoms with Crippen LogP contribution in [0, 0.1) is 0 Å². The molecule has 4 rings (SSSR count). The fourth-order valence-corrected chi connectivity index (χ4v) is 4.45. The number of hydrogen-bond donors (Lipinski definition) is 0. The van der Waals surface area contributed by atoms with Crippen LogP contribution in [0.5, 0.6) is 0 Å². The summed E-state index contributed by atoms with van der Waals surface area (Å²) in [6, 6.07) is 14.9. The maximum atomic E-state index is 4.90. The van der Waals surface area contributed by atoms with Gasteiger partial charge in [0.1, 0.15) is 5.01 Å². The van der Waals surface area contributed by atoms with E-state index in [1.54, 1.807) is 11.3 Å². The van der Waals surface area contributed by atoms with Crippen LogP contribution in [0.25, 0.3) is 26.9 Å². The van der Waals surface area contributed by atoms with Gasteiger partial charge in [0.15, 0.2) is 5.82 Å². The first-order valence-corrected chi connectivity index (χ1v) is 11.3. The lowest BCUT2D eigenvalue weighted by atomic mass is 9.79. The fraction of sp³-hybridized carbons (Fsp3) is 0.348. The van der Waals surface area contributed by atoms with Gasteiger partial charge in [-0.15, -0.1) is 10.2 Å². The maximum absolute atomic E-state index is 4.90. The lowest BCUT2D eigenvalue weighted by molar-refractivity contribution is 0.569. The highest BCUT2D eigenvalue weighted by Gasteiger charge is 2.23. The molecule has 0 N–H and O–H groups in total. The van der Waals surface area contributed by atoms with Crippen LogP contribution in [0.3, 0.4) is 0 Å². The smallest absolute Gasteiger partial charge is 0.182 e. The molecule has 0 atom stereocenters. The third-order valence-corrected chi connectivity index (χ3v) is 6.66. The first kappa shape index (κ1) is 20.2. The molecule has 150 valence electrons. The van der Waals surface area contributed by atoms with Crippen LogP contribution in [-0.2, 0) is 10.8 Å². The molecule has 29 heavy (non-hydrogen) atoms. The molecule has 0 aliphatic rings. The highest BCUT2D eigenvalue weighted by atomic mass is 79.9. The molecular weight excluding hydrogens is 444 g/mol. The van der Waals surface area contributed by atoms with Gasteiger partial charge in [0.25, 0.3) is 0 Å². The average molecular weight is 469 g/mol. The zero-order chi connectivity index (χ0) is 21.0. The Morgan fingerprint density at radius 3 is 2.07 bits per heavy atom. The van der Waals surface area contributed by atoms with Gasteiger partial charge < -0.3 is 0 Å². The van der Waals surface area contributed by atoms with E-state index in [2.05, 4.69) is 85.9 Å². The predicted octanol–water partition coefficient (Wildman–Crippen LogP) is 6.88. The Bertz CT molecular complexity index is 1160. The molecule has 0 unspecified atom stereocenters. The van der Waals surface area contributed by atoms with Crippen molar-refractivity contribution in [3.8, 4) is 22.0 Å². The van der Waals surface area contributed by atoms with Crippen molar-refractivity contribution in [3.63, 3.8) is 0 Å². The Balaban J connectivity index is 1.88. The number of fused-ring (bicyclic) bond motifs is 1. The highest BCUT2D eigenvalue weighted by Crippen LogP contribution is 2.36. The molecule has 6 heteroatoms. The Hall–Kier alpha value is -2.05. The zero-order valence-electron chi connectivity index (χ0n) is 17.6. The van der Waals surface area contributed by atoms with E-state index in [9.17, 15) is 0 Å². The minimum absolute atomic E-state index is 0.0645. The van der Waals surface area contributed by atoms with Crippen molar-refractivity contribution in [1.82, 2.24) is 19.8 Å². The van der Waals surface area contributed by atoms with E-state index in [1.807, 2.05) is 28.8 Å². The summed E-state index contributed by atoms with van der Waals surface area (Å²) in [5.74, 6) is 0.748. The first-order chi connectivity index (χ1) is 13.5. The number of rotatable bonds is 2. The topological polar surface area (TPSA) is 43.1 Å². The van der Waals surface area contributed by atoms with Gasteiger partial charge in [-0.2, -0.15) is 9.61 Å². The van der Waals surface area contributed by atoms with Crippen molar-refractivity contribution >= 4 is 32.2 Å². The zero-order valence-corrected chi connectivity index (χ0v) is 20.0. The van der Waals surface area contributed by atoms with Crippen LogP contribution in [-0.4, -0.2) is 19.8 Å². The molecule has 2 aromatic heterocycles. The molecule has 0 fully saturated rings. The molecule has 0 spiro atoms. The molecule has 0 radical (unpaired) electrons. The van der Waals surface area contributed by atoms with Crippen molar-refractivity contribution in [2.24, 2.45) is 0 Å². The van der Waals surface area contributed by atoms with Crippen LogP contribution in [0.15, 0.2) is 46.9 Å². The first-order valence-electron chi connectivity index (χ1n) is 9.67. The summed E-state index contributed by atoms with van der Waals surface area (Å²) in [5.41, 5.74) is 4.88. The summed E-state index contributed by atoms with van der Waals surface area (Å²) < 4.78 is 2.83. The molecule has 4 nitrogen and oxygen atoms in total. The number of hydrogen-bond acceptors (Lipinski definition) is 4. The van der Waals surface area contributed by atoms with Crippen LogP contribution in [0.2, 0.25) is 0 Å². The minimum Gasteiger partial charge on any atom is -0.182 e. The second-order valence-electron chi connectivity index (χ2n) is 9.40. The summed E-state index contributed by atoms with van der Waals surface area (Å²) >= 11 is 5.19. The van der Waals surface area contributed by atoms with Crippen LogP contribution in [0.4, 0.5) is 0 Å². The van der Waals surface area contributed by atoms with E-state index in [0.717, 1.165) is 31.4 Å². The van der Waals surface area contributed by atoms with Crippen molar-refractivity contribution in [3.05, 3.63) is 58.1 Å². The van der Waals surface area contributed by atoms with E-state index >= 15 is 0 Å². The molecule has 0 amide bonds. The summed E-state index contributed by atoms with van der Waals surface area (Å²) in [7, 11) is 0. The van der Waals surface area contributed by atoms with E-state index in [1.165, 1.54) is 11.1 Å². The van der Waals surface area contributed by atoms with Gasteiger partial charge >= 0.3 is 0 Å². The number of aromatic nitrogens is 4. The van der Waals surface area contributed by atoms with E-state index in [4.69, 9.17) is 5.10 Å². The van der Waals surface area contributed by atoms with E-state index < -0.39 is 0 Å². The molecule has 0 aliphatic heterocycles. The molecular formula is C23H25BrN4S. The number of halogens is 1. The lowest BCUT2D eigenvalue weighted by Gasteiger charge is -2.25. The van der Waals surface area contributed by atoms with Crippen LogP contribution >= 0.6 is 27.3 Å². The largest absolute Gasteiger partial charge is 0.235 e. The summed E-state index contributed by atoms with van der Waals surface area (Å²) in [6.07, 6.45) is 0. The second-order valence-corrected chi connectivity index (χ2v) is 11.2. The van der Waals surface area contributed by atoms with E-state index in [-0.39, 0.29) is 10.8 Å². The third-order valence-electron chi connectivity index (χ3n) is 5.02. The van der Waals surface area contributed by atoms with E-state index in [0.29, 0.717) is 0 Å². The molecule has 0 bridgehead atoms. The molecule has 0 saturated carbocycles. The van der Waals surface area contributed by atoms with Gasteiger partial charge in [-0.3, -0.25) is 0 Å². The Morgan fingerprint density at radius 1 is 0.862 bits per heavy atom. The highest BCUT2D eigenvalue weighted by molar-refractivity contribution is 9.10. The van der Waals surface area contributed by atoms with Gasteiger partial charge in [-0.1, -0.05) is 87.0 Å². The van der Waals surface area contributed by atoms with Crippen LogP contribution in [0.1, 0.15) is 52.7 Å². The van der Waals surface area contributed by atoms with Gasteiger partial charge in [-0.05, 0) is 46.2 Å². The standard InChI is InChI=1S/C23H25BrN4S/c1-22(2,3)15-11-14(12-16(13-15)23(4,5)6)20-27-28-19(25-26-21(28)29-20)17-9-7-8-10-18(17)24/h7-13H,1-6H3. The molecule has 0 aliphatic carbocycles. The number of benzene rings is 2. The molecule has 0 saturated heterocycles. The monoisotopic (exact) mass is 468 g/mol. The fourth-order valence-electron chi connectivity index (χ4n) is 3.16. The lowest BCUT2D eigenvalue weighted by Crippen LogP contribution is -2.16. The summed E-state index contributed by atoms with van der Waals surface area (Å²) in [5, 5.41) is 14.6. The maximum Gasteiger partial charge on any atom is 0.235 e. The van der Waals surface area contributed by atoms with Gasteiger partial charge in [0, 0.05) is 15.6 Å². The summed E-state index contributed by atoms with van der Waals surface area (Å²) in [4.78, 5) is 0.796. The minimum atomic E-state index is 0.0645. The number of nitrogens with zero attached hydrogens (tertiary/aromatic N) is 4. The Morgan fingerprint density at radius 2 is 1.48 bits per heavy atom. The molecule has 4 aromatic rings. The Labute approximate surface area is 184 Å². The molecule has 2 heterocycles. The van der Waals surface area contributed by atoms with Gasteiger partial charge in [0.2, 0.25) is 4.96 Å². The quantitative estimate of drug-likeness (QED) is 0.322.